The number of aryl methyl sites for hydroxylation is 1. The van der Waals surface area contributed by atoms with Gasteiger partial charge in [-0.25, -0.2) is 9.78 Å². The first-order chi connectivity index (χ1) is 14.1. The number of hydrogen-bond acceptors (Lipinski definition) is 5. The number of carbonyl (C=O) groups is 2. The maximum Gasteiger partial charge on any atom is 0.340 e. The average molecular weight is 386 g/mol. The highest BCUT2D eigenvalue weighted by molar-refractivity contribution is 6.08. The van der Waals surface area contributed by atoms with Crippen molar-refractivity contribution in [2.75, 3.05) is 5.32 Å². The molecule has 0 aliphatic heterocycles. The van der Waals surface area contributed by atoms with Crippen LogP contribution < -0.4 is 5.32 Å². The van der Waals surface area contributed by atoms with Crippen molar-refractivity contribution < 1.29 is 18.7 Å². The van der Waals surface area contributed by atoms with E-state index >= 15 is 0 Å². The zero-order valence-corrected chi connectivity index (χ0v) is 15.7. The molecule has 144 valence electrons. The Morgan fingerprint density at radius 2 is 1.79 bits per heavy atom. The van der Waals surface area contributed by atoms with Crippen LogP contribution in [0.15, 0.2) is 77.2 Å². The van der Waals surface area contributed by atoms with Crippen molar-refractivity contribution in [3.8, 4) is 0 Å². The maximum atomic E-state index is 12.6. The van der Waals surface area contributed by atoms with Crippen molar-refractivity contribution in [1.29, 1.82) is 0 Å². The third-order valence-electron chi connectivity index (χ3n) is 4.34. The largest absolute Gasteiger partial charge is 0.452 e. The number of nitrogens with one attached hydrogen (secondary N) is 1. The molecule has 0 saturated carbocycles. The van der Waals surface area contributed by atoms with Crippen molar-refractivity contribution in [2.24, 2.45) is 0 Å². The van der Waals surface area contributed by atoms with E-state index in [0.717, 1.165) is 5.56 Å². The molecule has 1 amide bonds. The van der Waals surface area contributed by atoms with Crippen LogP contribution in [0.5, 0.6) is 0 Å². The number of nitrogens with zero attached hydrogens (tertiary/aromatic N) is 1. The van der Waals surface area contributed by atoms with Gasteiger partial charge in [-0.3, -0.25) is 4.79 Å². The van der Waals surface area contributed by atoms with Crippen molar-refractivity contribution in [2.45, 2.75) is 13.5 Å². The predicted octanol–water partition coefficient (Wildman–Crippen LogP) is 4.75. The Morgan fingerprint density at radius 1 is 1.00 bits per heavy atom. The summed E-state index contributed by atoms with van der Waals surface area (Å²) in [7, 11) is 0. The van der Waals surface area contributed by atoms with Gasteiger partial charge in [0.15, 0.2) is 12.2 Å². The zero-order valence-electron chi connectivity index (χ0n) is 15.7. The van der Waals surface area contributed by atoms with E-state index in [4.69, 9.17) is 9.15 Å². The number of ether oxygens (including phenoxy) is 1. The lowest BCUT2D eigenvalue weighted by atomic mass is 10.1. The van der Waals surface area contributed by atoms with Crippen LogP contribution in [0.25, 0.3) is 11.1 Å². The summed E-state index contributed by atoms with van der Waals surface area (Å²) < 4.78 is 10.9. The first-order valence-corrected chi connectivity index (χ1v) is 9.09. The van der Waals surface area contributed by atoms with Gasteiger partial charge in [0.1, 0.15) is 5.52 Å². The number of oxazole rings is 1. The number of aromatic nitrogens is 1. The molecule has 3 aromatic carbocycles. The fraction of sp³-hybridized carbons (Fsp3) is 0.0870. The smallest absolute Gasteiger partial charge is 0.340 e. The second kappa shape index (κ2) is 7.98. The van der Waals surface area contributed by atoms with Crippen LogP contribution in [0.3, 0.4) is 0 Å². The number of anilines is 1. The molecule has 0 fully saturated rings. The number of carbonyl (C=O) groups excluding carboxylic acids is 2. The van der Waals surface area contributed by atoms with Crippen LogP contribution in [0.2, 0.25) is 0 Å². The Bertz CT molecular complexity index is 1160. The molecule has 0 aliphatic carbocycles. The van der Waals surface area contributed by atoms with Crippen molar-refractivity contribution in [3.63, 3.8) is 0 Å². The summed E-state index contributed by atoms with van der Waals surface area (Å²) in [5.41, 5.74) is 3.45. The molecule has 4 rings (SSSR count). The van der Waals surface area contributed by atoms with Gasteiger partial charge in [0.2, 0.25) is 5.89 Å². The average Bonchev–Trinajstić information content (AvgIpc) is 3.15. The second-order valence-electron chi connectivity index (χ2n) is 6.52. The lowest BCUT2D eigenvalue weighted by Gasteiger charge is -2.10. The molecule has 29 heavy (non-hydrogen) atoms. The van der Waals surface area contributed by atoms with E-state index in [9.17, 15) is 9.59 Å². The standard InChI is InChI=1S/C23H18N2O4/c1-15-7-6-8-16(13-15)22(26)25-18-10-3-2-9-17(18)23(27)28-14-21-24-19-11-4-5-12-20(19)29-21/h2-13H,14H2,1H3,(H,25,26). The van der Waals surface area contributed by atoms with Crippen LogP contribution in [0.1, 0.15) is 32.2 Å². The molecule has 1 heterocycles. The van der Waals surface area contributed by atoms with E-state index < -0.39 is 5.97 Å². The summed E-state index contributed by atoms with van der Waals surface area (Å²) in [5.74, 6) is -0.568. The molecule has 1 aromatic heterocycles. The van der Waals surface area contributed by atoms with Crippen molar-refractivity contribution in [1.82, 2.24) is 4.98 Å². The van der Waals surface area contributed by atoms with Gasteiger partial charge in [0.25, 0.3) is 5.91 Å². The Labute approximate surface area is 167 Å². The molecule has 0 saturated heterocycles. The van der Waals surface area contributed by atoms with Crippen molar-refractivity contribution in [3.05, 3.63) is 95.4 Å². The number of benzene rings is 3. The van der Waals surface area contributed by atoms with Crippen LogP contribution in [-0.4, -0.2) is 16.9 Å². The van der Waals surface area contributed by atoms with Gasteiger partial charge in [-0.1, -0.05) is 42.0 Å². The predicted molar refractivity (Wildman–Crippen MR) is 109 cm³/mol. The van der Waals surface area contributed by atoms with Gasteiger partial charge in [0, 0.05) is 5.56 Å². The number of hydrogen-bond donors (Lipinski definition) is 1. The zero-order chi connectivity index (χ0) is 20.2. The van der Waals surface area contributed by atoms with E-state index in [2.05, 4.69) is 10.3 Å². The molecule has 0 atom stereocenters. The van der Waals surface area contributed by atoms with E-state index in [1.165, 1.54) is 0 Å². The van der Waals surface area contributed by atoms with Gasteiger partial charge in [-0.2, -0.15) is 0 Å². The van der Waals surface area contributed by atoms with Gasteiger partial charge in [-0.15, -0.1) is 0 Å². The fourth-order valence-electron chi connectivity index (χ4n) is 2.94. The highest BCUT2D eigenvalue weighted by Gasteiger charge is 2.16. The molecule has 6 heteroatoms. The monoisotopic (exact) mass is 386 g/mol. The first kappa shape index (κ1) is 18.4. The lowest BCUT2D eigenvalue weighted by molar-refractivity contribution is 0.0441. The number of fused-ring (bicyclic) bond motifs is 1. The van der Waals surface area contributed by atoms with E-state index in [0.29, 0.717) is 28.2 Å². The summed E-state index contributed by atoms with van der Waals surface area (Å²) in [4.78, 5) is 29.4. The quantitative estimate of drug-likeness (QED) is 0.501. The molecular weight excluding hydrogens is 368 g/mol. The molecule has 0 bridgehead atoms. The normalized spacial score (nSPS) is 10.7. The molecule has 0 unspecified atom stereocenters. The maximum absolute atomic E-state index is 12.6. The minimum Gasteiger partial charge on any atom is -0.452 e. The van der Waals surface area contributed by atoms with Gasteiger partial charge in [0.05, 0.1) is 11.3 Å². The van der Waals surface area contributed by atoms with Crippen LogP contribution >= 0.6 is 0 Å². The summed E-state index contributed by atoms with van der Waals surface area (Å²) in [6.45, 7) is 1.81. The number of esters is 1. The van der Waals surface area contributed by atoms with E-state index in [1.807, 2.05) is 37.3 Å². The Balaban J connectivity index is 1.48. The number of rotatable bonds is 5. The molecule has 6 nitrogen and oxygen atoms in total. The van der Waals surface area contributed by atoms with Crippen molar-refractivity contribution >= 4 is 28.7 Å². The molecule has 0 aliphatic rings. The fourth-order valence-corrected chi connectivity index (χ4v) is 2.94. The van der Waals surface area contributed by atoms with Crippen LogP contribution in [0, 0.1) is 6.92 Å². The molecule has 0 radical (unpaired) electrons. The third-order valence-corrected chi connectivity index (χ3v) is 4.34. The SMILES string of the molecule is Cc1cccc(C(=O)Nc2ccccc2C(=O)OCc2nc3ccccc3o2)c1. The molecule has 0 spiro atoms. The Kier molecular flexibility index (Phi) is 5.07. The third kappa shape index (κ3) is 4.16. The highest BCUT2D eigenvalue weighted by Crippen LogP contribution is 2.20. The van der Waals surface area contributed by atoms with Crippen LogP contribution in [-0.2, 0) is 11.3 Å². The Hall–Kier alpha value is -3.93. The topological polar surface area (TPSA) is 81.4 Å². The van der Waals surface area contributed by atoms with Gasteiger partial charge in [-0.05, 0) is 43.3 Å². The number of para-hydroxylation sites is 3. The summed E-state index contributed by atoms with van der Waals surface area (Å²) in [6.07, 6.45) is 0. The summed E-state index contributed by atoms with van der Waals surface area (Å²) in [5, 5.41) is 2.78. The van der Waals surface area contributed by atoms with Crippen LogP contribution in [0.4, 0.5) is 5.69 Å². The van der Waals surface area contributed by atoms with Gasteiger partial charge >= 0.3 is 5.97 Å². The van der Waals surface area contributed by atoms with E-state index in [1.54, 1.807) is 42.5 Å². The Morgan fingerprint density at radius 3 is 2.62 bits per heavy atom. The first-order valence-electron chi connectivity index (χ1n) is 9.09. The van der Waals surface area contributed by atoms with E-state index in [-0.39, 0.29) is 18.1 Å². The summed E-state index contributed by atoms with van der Waals surface area (Å²) >= 11 is 0. The number of amides is 1. The van der Waals surface area contributed by atoms with Gasteiger partial charge < -0.3 is 14.5 Å². The second-order valence-corrected chi connectivity index (χ2v) is 6.52. The molecule has 1 N–H and O–H groups in total. The minimum atomic E-state index is -0.576. The summed E-state index contributed by atoms with van der Waals surface area (Å²) in [6, 6.07) is 21.2. The lowest BCUT2D eigenvalue weighted by Crippen LogP contribution is -2.16. The highest BCUT2D eigenvalue weighted by atomic mass is 16.5. The molecular formula is C23H18N2O4. The molecule has 4 aromatic rings. The minimum absolute atomic E-state index is 0.103.